The molecular weight excluding hydrogens is 290 g/mol. The summed E-state index contributed by atoms with van der Waals surface area (Å²) < 4.78 is 12.1. The first-order valence-corrected chi connectivity index (χ1v) is 7.16. The molecule has 0 spiro atoms. The molecule has 0 aliphatic heterocycles. The molecule has 2 rings (SSSR count). The minimum absolute atomic E-state index is 0.169. The Labute approximate surface area is 128 Å². The van der Waals surface area contributed by atoms with Crippen LogP contribution in [0.15, 0.2) is 41.2 Å². The minimum atomic E-state index is -0.169. The highest BCUT2D eigenvalue weighted by Gasteiger charge is 2.08. The van der Waals surface area contributed by atoms with Crippen molar-refractivity contribution < 1.29 is 9.47 Å². The average Bonchev–Trinajstić information content (AvgIpc) is 2.51. The molecule has 0 fully saturated rings. The Morgan fingerprint density at radius 1 is 1.10 bits per heavy atom. The Kier molecular flexibility index (Phi) is 5.42. The normalized spacial score (nSPS) is 10.6. The first-order chi connectivity index (χ1) is 10.2. The number of ether oxygens (including phenoxy) is 2. The molecule has 0 N–H and O–H groups in total. The molecule has 0 saturated heterocycles. The molecule has 5 heteroatoms. The van der Waals surface area contributed by atoms with Crippen molar-refractivity contribution in [3.05, 3.63) is 51.8 Å². The lowest BCUT2D eigenvalue weighted by Crippen LogP contribution is -2.20. The standard InChI is InChI=1S/C16H18ClNO3/c1-3-18-15(9-8-14(17)16(18)19)12-4-6-13(7-5-12)21-11-10-20-2/h4-9H,3,10-11H2,1-2H3. The van der Waals surface area contributed by atoms with Crippen LogP contribution >= 0.6 is 11.6 Å². The van der Waals surface area contributed by atoms with Crippen molar-refractivity contribution in [1.82, 2.24) is 4.57 Å². The monoisotopic (exact) mass is 307 g/mol. The predicted molar refractivity (Wildman–Crippen MR) is 84.2 cm³/mol. The van der Waals surface area contributed by atoms with Gasteiger partial charge in [-0.2, -0.15) is 0 Å². The maximum Gasteiger partial charge on any atom is 0.269 e. The molecule has 0 bridgehead atoms. The summed E-state index contributed by atoms with van der Waals surface area (Å²) in [5.74, 6) is 0.773. The number of pyridine rings is 1. The highest BCUT2D eigenvalue weighted by molar-refractivity contribution is 6.30. The number of benzene rings is 1. The van der Waals surface area contributed by atoms with E-state index < -0.39 is 0 Å². The number of aromatic nitrogens is 1. The van der Waals surface area contributed by atoms with Crippen LogP contribution in [0, 0.1) is 0 Å². The molecule has 1 heterocycles. The second kappa shape index (κ2) is 7.29. The molecule has 1 aromatic heterocycles. The Bertz CT molecular complexity index is 650. The third kappa shape index (κ3) is 3.65. The third-order valence-electron chi connectivity index (χ3n) is 3.15. The van der Waals surface area contributed by atoms with E-state index in [-0.39, 0.29) is 10.6 Å². The summed E-state index contributed by atoms with van der Waals surface area (Å²) in [5.41, 5.74) is 1.62. The average molecular weight is 308 g/mol. The van der Waals surface area contributed by atoms with Crippen molar-refractivity contribution in [3.8, 4) is 17.0 Å². The molecule has 0 radical (unpaired) electrons. The third-order valence-corrected chi connectivity index (χ3v) is 3.44. The van der Waals surface area contributed by atoms with E-state index in [9.17, 15) is 4.79 Å². The first kappa shape index (κ1) is 15.6. The molecule has 0 saturated carbocycles. The topological polar surface area (TPSA) is 40.5 Å². The van der Waals surface area contributed by atoms with Crippen LogP contribution in [0.1, 0.15) is 6.92 Å². The van der Waals surface area contributed by atoms with E-state index in [4.69, 9.17) is 21.1 Å². The Morgan fingerprint density at radius 3 is 2.43 bits per heavy atom. The van der Waals surface area contributed by atoms with Gasteiger partial charge in [0.2, 0.25) is 0 Å². The van der Waals surface area contributed by atoms with Gasteiger partial charge in [-0.15, -0.1) is 0 Å². The van der Waals surface area contributed by atoms with Crippen LogP contribution in [0.25, 0.3) is 11.3 Å². The first-order valence-electron chi connectivity index (χ1n) is 6.79. The van der Waals surface area contributed by atoms with Gasteiger partial charge in [-0.3, -0.25) is 4.79 Å². The van der Waals surface area contributed by atoms with Crippen molar-refractivity contribution in [2.45, 2.75) is 13.5 Å². The smallest absolute Gasteiger partial charge is 0.269 e. The van der Waals surface area contributed by atoms with Crippen molar-refractivity contribution in [2.24, 2.45) is 0 Å². The number of nitrogens with zero attached hydrogens (tertiary/aromatic N) is 1. The number of rotatable bonds is 6. The molecule has 0 amide bonds. The molecule has 0 atom stereocenters. The fourth-order valence-electron chi connectivity index (χ4n) is 2.08. The van der Waals surface area contributed by atoms with Gasteiger partial charge < -0.3 is 14.0 Å². The lowest BCUT2D eigenvalue weighted by molar-refractivity contribution is 0.146. The number of halogens is 1. The summed E-state index contributed by atoms with van der Waals surface area (Å²) in [4.78, 5) is 12.0. The van der Waals surface area contributed by atoms with Gasteiger partial charge in [-0.05, 0) is 48.9 Å². The highest BCUT2D eigenvalue weighted by Crippen LogP contribution is 2.22. The van der Waals surface area contributed by atoms with Crippen LogP contribution in [0.2, 0.25) is 5.02 Å². The molecule has 1 aromatic carbocycles. The number of methoxy groups -OCH3 is 1. The molecule has 0 aliphatic carbocycles. The van der Waals surface area contributed by atoms with Crippen LogP contribution in [-0.4, -0.2) is 24.9 Å². The van der Waals surface area contributed by atoms with Crippen molar-refractivity contribution in [2.75, 3.05) is 20.3 Å². The van der Waals surface area contributed by atoms with Crippen LogP contribution in [0.4, 0.5) is 0 Å². The van der Waals surface area contributed by atoms with E-state index >= 15 is 0 Å². The number of hydrogen-bond acceptors (Lipinski definition) is 3. The summed E-state index contributed by atoms with van der Waals surface area (Å²) in [6, 6.07) is 11.1. The number of hydrogen-bond donors (Lipinski definition) is 0. The van der Waals surface area contributed by atoms with Gasteiger partial charge in [0.15, 0.2) is 0 Å². The summed E-state index contributed by atoms with van der Waals surface area (Å²) >= 11 is 5.88. The van der Waals surface area contributed by atoms with Crippen LogP contribution in [-0.2, 0) is 11.3 Å². The largest absolute Gasteiger partial charge is 0.491 e. The van der Waals surface area contributed by atoms with Gasteiger partial charge in [-0.1, -0.05) is 11.6 Å². The van der Waals surface area contributed by atoms with E-state index in [2.05, 4.69) is 0 Å². The van der Waals surface area contributed by atoms with Crippen LogP contribution < -0.4 is 10.3 Å². The van der Waals surface area contributed by atoms with Crippen molar-refractivity contribution >= 4 is 11.6 Å². The van der Waals surface area contributed by atoms with E-state index in [0.717, 1.165) is 17.0 Å². The summed E-state index contributed by atoms with van der Waals surface area (Å²) in [6.45, 7) is 3.55. The van der Waals surface area contributed by atoms with E-state index in [1.54, 1.807) is 17.7 Å². The van der Waals surface area contributed by atoms with Gasteiger partial charge in [0.05, 0.1) is 12.3 Å². The molecule has 112 valence electrons. The molecule has 2 aromatic rings. The molecule has 4 nitrogen and oxygen atoms in total. The quantitative estimate of drug-likeness (QED) is 0.769. The zero-order chi connectivity index (χ0) is 15.2. The van der Waals surface area contributed by atoms with Crippen LogP contribution in [0.5, 0.6) is 5.75 Å². The van der Waals surface area contributed by atoms with Gasteiger partial charge in [0.25, 0.3) is 5.56 Å². The maximum absolute atomic E-state index is 12.0. The minimum Gasteiger partial charge on any atom is -0.491 e. The lowest BCUT2D eigenvalue weighted by Gasteiger charge is -2.12. The zero-order valence-corrected chi connectivity index (χ0v) is 12.9. The predicted octanol–water partition coefficient (Wildman–Crippen LogP) is 3.21. The van der Waals surface area contributed by atoms with Gasteiger partial charge in [0, 0.05) is 13.7 Å². The summed E-state index contributed by atoms with van der Waals surface area (Å²) in [6.07, 6.45) is 0. The fourth-order valence-corrected chi connectivity index (χ4v) is 2.25. The molecule has 0 unspecified atom stereocenters. The van der Waals surface area contributed by atoms with E-state index in [1.807, 2.05) is 37.3 Å². The Morgan fingerprint density at radius 2 is 1.81 bits per heavy atom. The fraction of sp³-hybridized carbons (Fsp3) is 0.312. The summed E-state index contributed by atoms with van der Waals surface area (Å²) in [5, 5.41) is 0.236. The lowest BCUT2D eigenvalue weighted by atomic mass is 10.1. The Hall–Kier alpha value is -1.78. The summed E-state index contributed by atoms with van der Waals surface area (Å²) in [7, 11) is 1.64. The van der Waals surface area contributed by atoms with Crippen molar-refractivity contribution in [1.29, 1.82) is 0 Å². The molecule has 0 aliphatic rings. The SMILES string of the molecule is CCn1c(-c2ccc(OCCOC)cc2)ccc(Cl)c1=O. The van der Waals surface area contributed by atoms with Crippen LogP contribution in [0.3, 0.4) is 0 Å². The second-order valence-electron chi connectivity index (χ2n) is 4.48. The van der Waals surface area contributed by atoms with E-state index in [0.29, 0.717) is 19.8 Å². The zero-order valence-electron chi connectivity index (χ0n) is 12.1. The maximum atomic E-state index is 12.0. The van der Waals surface area contributed by atoms with Gasteiger partial charge in [0.1, 0.15) is 17.4 Å². The molecule has 21 heavy (non-hydrogen) atoms. The molecular formula is C16H18ClNO3. The second-order valence-corrected chi connectivity index (χ2v) is 4.89. The van der Waals surface area contributed by atoms with E-state index in [1.165, 1.54) is 0 Å². The Balaban J connectivity index is 2.27. The van der Waals surface area contributed by atoms with Gasteiger partial charge in [-0.25, -0.2) is 0 Å². The van der Waals surface area contributed by atoms with Gasteiger partial charge >= 0.3 is 0 Å². The highest BCUT2D eigenvalue weighted by atomic mass is 35.5. The van der Waals surface area contributed by atoms with Crippen molar-refractivity contribution in [3.63, 3.8) is 0 Å².